The molecule has 0 bridgehead atoms. The Hall–Kier alpha value is -1.57. The molecule has 0 aliphatic heterocycles. The maximum atomic E-state index is 4.33. The lowest BCUT2D eigenvalue weighted by molar-refractivity contribution is 0.481. The molecule has 0 saturated carbocycles. The van der Waals surface area contributed by atoms with Gasteiger partial charge in [-0.05, 0) is 23.1 Å². The molecule has 1 aromatic heterocycles. The van der Waals surface area contributed by atoms with Crippen molar-refractivity contribution in [1.29, 1.82) is 0 Å². The van der Waals surface area contributed by atoms with E-state index in [2.05, 4.69) is 58.8 Å². The second kappa shape index (κ2) is 11.9. The van der Waals surface area contributed by atoms with Crippen molar-refractivity contribution < 1.29 is 0 Å². The van der Waals surface area contributed by atoms with Gasteiger partial charge in [0.05, 0.1) is 6.54 Å². The Labute approximate surface area is 168 Å². The smallest absolute Gasteiger partial charge is 0.191 e. The molecule has 2 N–H and O–H groups in total. The SMILES string of the molecule is CCC(CC)CNC(=NC)NCc1ccccc1Cn1cccn1.I. The fourth-order valence-corrected chi connectivity index (χ4v) is 2.67. The van der Waals surface area contributed by atoms with Gasteiger partial charge >= 0.3 is 0 Å². The molecule has 0 unspecified atom stereocenters. The maximum Gasteiger partial charge on any atom is 0.191 e. The van der Waals surface area contributed by atoms with Gasteiger partial charge in [0.25, 0.3) is 0 Å². The van der Waals surface area contributed by atoms with Gasteiger partial charge in [-0.1, -0.05) is 51.0 Å². The van der Waals surface area contributed by atoms with E-state index in [-0.39, 0.29) is 24.0 Å². The topological polar surface area (TPSA) is 54.2 Å². The van der Waals surface area contributed by atoms with Crippen LogP contribution in [0.25, 0.3) is 0 Å². The molecule has 0 radical (unpaired) electrons. The highest BCUT2D eigenvalue weighted by atomic mass is 127. The van der Waals surface area contributed by atoms with Crippen molar-refractivity contribution in [2.45, 2.75) is 39.8 Å². The van der Waals surface area contributed by atoms with E-state index in [0.29, 0.717) is 5.92 Å². The van der Waals surface area contributed by atoms with Gasteiger partial charge in [-0.3, -0.25) is 9.67 Å². The van der Waals surface area contributed by atoms with Crippen LogP contribution >= 0.6 is 24.0 Å². The van der Waals surface area contributed by atoms with E-state index in [9.17, 15) is 0 Å². The van der Waals surface area contributed by atoms with Crippen molar-refractivity contribution in [3.63, 3.8) is 0 Å². The van der Waals surface area contributed by atoms with Gasteiger partial charge in [-0.25, -0.2) is 0 Å². The standard InChI is InChI=1S/C19H29N5.HI/c1-4-16(5-2)13-21-19(20-3)22-14-17-9-6-7-10-18(17)15-24-12-8-11-23-24;/h6-12,16H,4-5,13-15H2,1-3H3,(H2,20,21,22);1H. The van der Waals surface area contributed by atoms with Crippen LogP contribution in [0.4, 0.5) is 0 Å². The van der Waals surface area contributed by atoms with Gasteiger partial charge in [-0.15, -0.1) is 24.0 Å². The van der Waals surface area contributed by atoms with Gasteiger partial charge in [0, 0.05) is 32.5 Å². The average Bonchev–Trinajstić information content (AvgIpc) is 3.12. The van der Waals surface area contributed by atoms with Gasteiger partial charge in [0.2, 0.25) is 0 Å². The van der Waals surface area contributed by atoms with Gasteiger partial charge < -0.3 is 10.6 Å². The number of benzene rings is 1. The van der Waals surface area contributed by atoms with Crippen LogP contribution in [0, 0.1) is 5.92 Å². The second-order valence-corrected chi connectivity index (χ2v) is 5.96. The first-order valence-electron chi connectivity index (χ1n) is 8.75. The van der Waals surface area contributed by atoms with Crippen LogP contribution in [0.1, 0.15) is 37.8 Å². The number of halogens is 1. The van der Waals surface area contributed by atoms with Crippen LogP contribution in [0.15, 0.2) is 47.7 Å². The Kier molecular flexibility index (Phi) is 10.2. The third-order valence-electron chi connectivity index (χ3n) is 4.39. The lowest BCUT2D eigenvalue weighted by Crippen LogP contribution is -2.39. The molecule has 1 heterocycles. The minimum atomic E-state index is 0. The van der Waals surface area contributed by atoms with E-state index in [1.807, 2.05) is 30.2 Å². The highest BCUT2D eigenvalue weighted by Crippen LogP contribution is 2.10. The first-order chi connectivity index (χ1) is 11.8. The fourth-order valence-electron chi connectivity index (χ4n) is 2.67. The number of hydrogen-bond donors (Lipinski definition) is 2. The van der Waals surface area contributed by atoms with Crippen LogP contribution in [-0.4, -0.2) is 29.3 Å². The summed E-state index contributed by atoms with van der Waals surface area (Å²) < 4.78 is 1.94. The molecule has 2 aromatic rings. The van der Waals surface area contributed by atoms with Crippen molar-refractivity contribution in [3.05, 3.63) is 53.9 Å². The second-order valence-electron chi connectivity index (χ2n) is 5.96. The Bertz CT molecular complexity index is 621. The minimum Gasteiger partial charge on any atom is -0.356 e. The normalized spacial score (nSPS) is 11.3. The summed E-state index contributed by atoms with van der Waals surface area (Å²) in [5.74, 6) is 1.55. The molecule has 0 saturated heterocycles. The van der Waals surface area contributed by atoms with E-state index in [1.165, 1.54) is 24.0 Å². The predicted molar refractivity (Wildman–Crippen MR) is 115 cm³/mol. The van der Waals surface area contributed by atoms with E-state index in [1.54, 1.807) is 0 Å². The highest BCUT2D eigenvalue weighted by molar-refractivity contribution is 14.0. The summed E-state index contributed by atoms with van der Waals surface area (Å²) in [5.41, 5.74) is 2.53. The molecule has 25 heavy (non-hydrogen) atoms. The molecule has 6 heteroatoms. The number of nitrogens with zero attached hydrogens (tertiary/aromatic N) is 3. The van der Waals surface area contributed by atoms with Crippen molar-refractivity contribution in [1.82, 2.24) is 20.4 Å². The summed E-state index contributed by atoms with van der Waals surface area (Å²) in [5, 5.41) is 11.1. The molecule has 1 aromatic carbocycles. The summed E-state index contributed by atoms with van der Waals surface area (Å²) in [6.45, 7) is 6.96. The zero-order valence-corrected chi connectivity index (χ0v) is 17.7. The first-order valence-corrected chi connectivity index (χ1v) is 8.75. The number of aromatic nitrogens is 2. The van der Waals surface area contributed by atoms with Crippen LogP contribution in [0.2, 0.25) is 0 Å². The zero-order valence-electron chi connectivity index (χ0n) is 15.4. The number of rotatable bonds is 8. The van der Waals surface area contributed by atoms with Gasteiger partial charge in [0.1, 0.15) is 0 Å². The molecular weight excluding hydrogens is 425 g/mol. The third-order valence-corrected chi connectivity index (χ3v) is 4.39. The molecule has 2 rings (SSSR count). The molecule has 5 nitrogen and oxygen atoms in total. The van der Waals surface area contributed by atoms with Crippen LogP contribution < -0.4 is 10.6 Å². The number of guanidine groups is 1. The summed E-state index contributed by atoms with van der Waals surface area (Å²) >= 11 is 0. The minimum absolute atomic E-state index is 0. The average molecular weight is 455 g/mol. The largest absolute Gasteiger partial charge is 0.356 e. The Morgan fingerprint density at radius 3 is 2.44 bits per heavy atom. The number of aliphatic imine (C=N–C) groups is 1. The highest BCUT2D eigenvalue weighted by Gasteiger charge is 2.07. The quantitative estimate of drug-likeness (QED) is 0.363. The molecule has 0 aliphatic rings. The van der Waals surface area contributed by atoms with Gasteiger partial charge in [0.15, 0.2) is 5.96 Å². The summed E-state index contributed by atoms with van der Waals surface area (Å²) in [6.07, 6.45) is 6.17. The predicted octanol–water partition coefficient (Wildman–Crippen LogP) is 3.65. The third kappa shape index (κ3) is 7.05. The monoisotopic (exact) mass is 455 g/mol. The number of nitrogens with one attached hydrogen (secondary N) is 2. The molecule has 138 valence electrons. The lowest BCUT2D eigenvalue weighted by atomic mass is 10.0. The Morgan fingerprint density at radius 2 is 1.84 bits per heavy atom. The Balaban J connectivity index is 0.00000312. The molecule has 0 amide bonds. The van der Waals surface area contributed by atoms with E-state index in [4.69, 9.17) is 0 Å². The first kappa shape index (κ1) is 21.5. The van der Waals surface area contributed by atoms with Crippen molar-refractivity contribution in [3.8, 4) is 0 Å². The zero-order chi connectivity index (χ0) is 17.2. The molecule has 0 spiro atoms. The Morgan fingerprint density at radius 1 is 1.12 bits per heavy atom. The van der Waals surface area contributed by atoms with Crippen molar-refractivity contribution >= 4 is 29.9 Å². The van der Waals surface area contributed by atoms with E-state index in [0.717, 1.165) is 25.6 Å². The number of hydrogen-bond acceptors (Lipinski definition) is 2. The molecule has 0 atom stereocenters. The summed E-state index contributed by atoms with van der Waals surface area (Å²) in [7, 11) is 1.82. The van der Waals surface area contributed by atoms with Gasteiger partial charge in [-0.2, -0.15) is 5.10 Å². The summed E-state index contributed by atoms with van der Waals surface area (Å²) in [6, 6.07) is 10.4. The summed E-state index contributed by atoms with van der Waals surface area (Å²) in [4.78, 5) is 4.33. The van der Waals surface area contributed by atoms with Crippen LogP contribution in [0.3, 0.4) is 0 Å². The van der Waals surface area contributed by atoms with Crippen LogP contribution in [-0.2, 0) is 13.1 Å². The van der Waals surface area contributed by atoms with E-state index < -0.39 is 0 Å². The van der Waals surface area contributed by atoms with Crippen molar-refractivity contribution in [2.24, 2.45) is 10.9 Å². The van der Waals surface area contributed by atoms with Crippen LogP contribution in [0.5, 0.6) is 0 Å². The molecule has 0 fully saturated rings. The maximum absolute atomic E-state index is 4.33. The van der Waals surface area contributed by atoms with Crippen molar-refractivity contribution in [2.75, 3.05) is 13.6 Å². The van der Waals surface area contributed by atoms with E-state index >= 15 is 0 Å². The lowest BCUT2D eigenvalue weighted by Gasteiger charge is -2.17. The fraction of sp³-hybridized carbons (Fsp3) is 0.474. The molecule has 0 aliphatic carbocycles. The molecular formula is C19H30IN5.